The maximum atomic E-state index is 5.35. The molecular weight excluding hydrogens is 162 g/mol. The van der Waals surface area contributed by atoms with Gasteiger partial charge in [0.1, 0.15) is 0 Å². The number of hydrogen-bond acceptors (Lipinski definition) is 2. The smallest absolute Gasteiger partial charge is 0.0717 e. The summed E-state index contributed by atoms with van der Waals surface area (Å²) in [7, 11) is 0. The standard InChI is InChI=1S/C11H15NO/c1-2-13-8-9-3-4-10-5-6-12-11(10)7-9/h3-4,7,12H,2,5-6,8H2,1H3. The van der Waals surface area contributed by atoms with E-state index in [1.165, 1.54) is 16.8 Å². The molecule has 13 heavy (non-hydrogen) atoms. The molecule has 2 rings (SSSR count). The summed E-state index contributed by atoms with van der Waals surface area (Å²) in [5.41, 5.74) is 3.98. The van der Waals surface area contributed by atoms with Gasteiger partial charge in [-0.1, -0.05) is 12.1 Å². The summed E-state index contributed by atoms with van der Waals surface area (Å²) in [4.78, 5) is 0. The molecule has 1 aromatic carbocycles. The lowest BCUT2D eigenvalue weighted by Crippen LogP contribution is -1.94. The Hall–Kier alpha value is -1.02. The van der Waals surface area contributed by atoms with Gasteiger partial charge in [0.05, 0.1) is 6.61 Å². The van der Waals surface area contributed by atoms with Crippen LogP contribution >= 0.6 is 0 Å². The Bertz CT molecular complexity index is 296. The number of rotatable bonds is 3. The molecule has 1 aliphatic heterocycles. The van der Waals surface area contributed by atoms with Gasteiger partial charge in [-0.25, -0.2) is 0 Å². The van der Waals surface area contributed by atoms with Crippen molar-refractivity contribution in [1.29, 1.82) is 0 Å². The zero-order valence-corrected chi connectivity index (χ0v) is 7.97. The fourth-order valence-electron chi connectivity index (χ4n) is 1.65. The topological polar surface area (TPSA) is 21.3 Å². The van der Waals surface area contributed by atoms with Crippen molar-refractivity contribution in [1.82, 2.24) is 0 Å². The van der Waals surface area contributed by atoms with Gasteiger partial charge in [0.2, 0.25) is 0 Å². The Morgan fingerprint density at radius 2 is 2.38 bits per heavy atom. The van der Waals surface area contributed by atoms with Crippen LogP contribution in [0.15, 0.2) is 18.2 Å². The lowest BCUT2D eigenvalue weighted by atomic mass is 10.1. The summed E-state index contributed by atoms with van der Waals surface area (Å²) >= 11 is 0. The van der Waals surface area contributed by atoms with Crippen LogP contribution in [-0.2, 0) is 17.8 Å². The third kappa shape index (κ3) is 1.83. The number of fused-ring (bicyclic) bond motifs is 1. The van der Waals surface area contributed by atoms with Crippen LogP contribution in [0.25, 0.3) is 0 Å². The van der Waals surface area contributed by atoms with Crippen LogP contribution in [0.1, 0.15) is 18.1 Å². The van der Waals surface area contributed by atoms with Crippen LogP contribution in [0.5, 0.6) is 0 Å². The Morgan fingerprint density at radius 1 is 1.46 bits per heavy atom. The van der Waals surface area contributed by atoms with E-state index in [0.29, 0.717) is 0 Å². The SMILES string of the molecule is CCOCc1ccc2c(c1)NCC2. The number of nitrogens with one attached hydrogen (secondary N) is 1. The van der Waals surface area contributed by atoms with Crippen molar-refractivity contribution in [2.24, 2.45) is 0 Å². The van der Waals surface area contributed by atoms with Crippen molar-refractivity contribution in [3.8, 4) is 0 Å². The lowest BCUT2D eigenvalue weighted by molar-refractivity contribution is 0.134. The van der Waals surface area contributed by atoms with Crippen LogP contribution in [-0.4, -0.2) is 13.2 Å². The first kappa shape index (κ1) is 8.57. The number of benzene rings is 1. The Labute approximate surface area is 78.9 Å². The van der Waals surface area contributed by atoms with Gasteiger partial charge in [-0.3, -0.25) is 0 Å². The Balaban J connectivity index is 2.12. The third-order valence-electron chi connectivity index (χ3n) is 2.36. The van der Waals surface area contributed by atoms with Gasteiger partial charge < -0.3 is 10.1 Å². The van der Waals surface area contributed by atoms with E-state index < -0.39 is 0 Å². The van der Waals surface area contributed by atoms with Gasteiger partial charge in [0.15, 0.2) is 0 Å². The van der Waals surface area contributed by atoms with E-state index in [1.807, 2.05) is 6.92 Å². The molecule has 0 unspecified atom stereocenters. The Kier molecular flexibility index (Phi) is 2.50. The molecule has 1 aromatic rings. The predicted molar refractivity (Wildman–Crippen MR) is 54.0 cm³/mol. The zero-order chi connectivity index (χ0) is 9.10. The summed E-state index contributed by atoms with van der Waals surface area (Å²) in [5, 5.41) is 3.36. The molecule has 0 fully saturated rings. The molecule has 0 saturated carbocycles. The molecular formula is C11H15NO. The largest absolute Gasteiger partial charge is 0.384 e. The van der Waals surface area contributed by atoms with E-state index in [1.54, 1.807) is 0 Å². The molecule has 0 aliphatic carbocycles. The number of hydrogen-bond donors (Lipinski definition) is 1. The zero-order valence-electron chi connectivity index (χ0n) is 7.97. The average Bonchev–Trinajstić information content (AvgIpc) is 2.61. The van der Waals surface area contributed by atoms with Gasteiger partial charge in [0, 0.05) is 18.8 Å². The van der Waals surface area contributed by atoms with E-state index >= 15 is 0 Å². The van der Waals surface area contributed by atoms with E-state index in [2.05, 4.69) is 23.5 Å². The minimum absolute atomic E-state index is 0.728. The average molecular weight is 177 g/mol. The summed E-state index contributed by atoms with van der Waals surface area (Å²) < 4.78 is 5.35. The van der Waals surface area contributed by atoms with Gasteiger partial charge in [0.25, 0.3) is 0 Å². The summed E-state index contributed by atoms with van der Waals surface area (Å²) in [5.74, 6) is 0. The van der Waals surface area contributed by atoms with Gasteiger partial charge in [-0.15, -0.1) is 0 Å². The molecule has 2 nitrogen and oxygen atoms in total. The molecule has 0 bridgehead atoms. The van der Waals surface area contributed by atoms with E-state index in [0.717, 1.165) is 26.2 Å². The van der Waals surface area contributed by atoms with Crippen LogP contribution in [0, 0.1) is 0 Å². The second kappa shape index (κ2) is 3.79. The van der Waals surface area contributed by atoms with Gasteiger partial charge >= 0.3 is 0 Å². The molecule has 2 heteroatoms. The minimum atomic E-state index is 0.728. The summed E-state index contributed by atoms with van der Waals surface area (Å²) in [6.45, 7) is 4.61. The van der Waals surface area contributed by atoms with Crippen LogP contribution < -0.4 is 5.32 Å². The highest BCUT2D eigenvalue weighted by Gasteiger charge is 2.09. The molecule has 1 aliphatic rings. The second-order valence-electron chi connectivity index (χ2n) is 3.31. The molecule has 0 amide bonds. The highest BCUT2D eigenvalue weighted by Crippen LogP contribution is 2.23. The van der Waals surface area contributed by atoms with E-state index in [4.69, 9.17) is 4.74 Å². The van der Waals surface area contributed by atoms with Crippen LogP contribution in [0.2, 0.25) is 0 Å². The van der Waals surface area contributed by atoms with Gasteiger partial charge in [-0.05, 0) is 30.5 Å². The molecule has 70 valence electrons. The van der Waals surface area contributed by atoms with Crippen molar-refractivity contribution >= 4 is 5.69 Å². The fraction of sp³-hybridized carbons (Fsp3) is 0.455. The Morgan fingerprint density at radius 3 is 3.23 bits per heavy atom. The highest BCUT2D eigenvalue weighted by atomic mass is 16.5. The summed E-state index contributed by atoms with van der Waals surface area (Å²) in [6.07, 6.45) is 1.16. The number of ether oxygens (including phenoxy) is 1. The molecule has 0 saturated heterocycles. The highest BCUT2D eigenvalue weighted by molar-refractivity contribution is 5.56. The summed E-state index contributed by atoms with van der Waals surface area (Å²) in [6, 6.07) is 6.54. The van der Waals surface area contributed by atoms with Crippen molar-refractivity contribution < 1.29 is 4.74 Å². The molecule has 1 heterocycles. The first-order valence-corrected chi connectivity index (χ1v) is 4.83. The predicted octanol–water partition coefficient (Wildman–Crippen LogP) is 2.19. The van der Waals surface area contributed by atoms with Crippen molar-refractivity contribution in [3.63, 3.8) is 0 Å². The minimum Gasteiger partial charge on any atom is -0.384 e. The monoisotopic (exact) mass is 177 g/mol. The van der Waals surface area contributed by atoms with Crippen molar-refractivity contribution in [2.45, 2.75) is 20.0 Å². The molecule has 0 spiro atoms. The van der Waals surface area contributed by atoms with Gasteiger partial charge in [-0.2, -0.15) is 0 Å². The van der Waals surface area contributed by atoms with Crippen LogP contribution in [0.3, 0.4) is 0 Å². The quantitative estimate of drug-likeness (QED) is 0.764. The first-order chi connectivity index (χ1) is 6.40. The molecule has 0 radical (unpaired) electrons. The number of anilines is 1. The van der Waals surface area contributed by atoms with Crippen molar-refractivity contribution in [2.75, 3.05) is 18.5 Å². The normalized spacial score (nSPS) is 13.9. The lowest BCUT2D eigenvalue weighted by Gasteiger charge is -2.04. The fourth-order valence-corrected chi connectivity index (χ4v) is 1.65. The first-order valence-electron chi connectivity index (χ1n) is 4.83. The van der Waals surface area contributed by atoms with Crippen molar-refractivity contribution in [3.05, 3.63) is 29.3 Å². The molecule has 0 atom stereocenters. The molecule has 1 N–H and O–H groups in total. The van der Waals surface area contributed by atoms with Crippen LogP contribution in [0.4, 0.5) is 5.69 Å². The maximum absolute atomic E-state index is 5.35. The second-order valence-corrected chi connectivity index (χ2v) is 3.31. The van der Waals surface area contributed by atoms with E-state index in [9.17, 15) is 0 Å². The van der Waals surface area contributed by atoms with E-state index in [-0.39, 0.29) is 0 Å². The maximum Gasteiger partial charge on any atom is 0.0717 e. The molecule has 0 aromatic heterocycles. The third-order valence-corrected chi connectivity index (χ3v) is 2.36.